The van der Waals surface area contributed by atoms with Gasteiger partial charge >= 0.3 is 0 Å². The first-order valence-electron chi connectivity index (χ1n) is 7.97. The van der Waals surface area contributed by atoms with E-state index in [4.69, 9.17) is 8.83 Å². The zero-order valence-corrected chi connectivity index (χ0v) is 14.9. The average molecular weight is 367 g/mol. The normalized spacial score (nSPS) is 16.1. The molecule has 0 radical (unpaired) electrons. The fourth-order valence-electron chi connectivity index (χ4n) is 2.36. The molecule has 1 atom stereocenters. The Morgan fingerprint density at radius 3 is 2.68 bits per heavy atom. The summed E-state index contributed by atoms with van der Waals surface area (Å²) in [5, 5.41) is 2.49. The van der Waals surface area contributed by atoms with Crippen LogP contribution in [0.15, 0.2) is 44.5 Å². The van der Waals surface area contributed by atoms with Crippen molar-refractivity contribution in [2.45, 2.75) is 30.0 Å². The minimum absolute atomic E-state index is 0.0264. The lowest BCUT2D eigenvalue weighted by molar-refractivity contribution is 0.0906. The first-order chi connectivity index (χ1) is 11.9. The summed E-state index contributed by atoms with van der Waals surface area (Å²) < 4.78 is 37.3. The van der Waals surface area contributed by atoms with Crippen LogP contribution in [0, 0.1) is 0 Å². The predicted molar refractivity (Wildman–Crippen MR) is 89.5 cm³/mol. The molecule has 0 unspecified atom stereocenters. The Labute approximate surface area is 146 Å². The van der Waals surface area contributed by atoms with Crippen molar-refractivity contribution >= 4 is 15.9 Å². The lowest BCUT2D eigenvalue weighted by Gasteiger charge is -2.22. The molecule has 25 heavy (non-hydrogen) atoms. The van der Waals surface area contributed by atoms with Gasteiger partial charge in [0.15, 0.2) is 5.76 Å². The van der Waals surface area contributed by atoms with Gasteiger partial charge in [-0.1, -0.05) is 0 Å². The van der Waals surface area contributed by atoms with Crippen LogP contribution in [-0.2, 0) is 10.0 Å². The summed E-state index contributed by atoms with van der Waals surface area (Å²) in [7, 11) is 0.0411. The van der Waals surface area contributed by atoms with Crippen LogP contribution in [0.25, 0.3) is 0 Å². The van der Waals surface area contributed by atoms with E-state index in [2.05, 4.69) is 10.0 Å². The molecule has 1 saturated carbocycles. The van der Waals surface area contributed by atoms with Crippen LogP contribution in [-0.4, -0.2) is 45.9 Å². The van der Waals surface area contributed by atoms with E-state index in [1.54, 1.807) is 12.3 Å². The largest absolute Gasteiger partial charge is 0.468 e. The van der Waals surface area contributed by atoms with Crippen molar-refractivity contribution in [3.8, 4) is 0 Å². The van der Waals surface area contributed by atoms with Gasteiger partial charge in [0, 0.05) is 12.6 Å². The van der Waals surface area contributed by atoms with E-state index in [0.29, 0.717) is 6.54 Å². The number of hydrogen-bond acceptors (Lipinski definition) is 6. The van der Waals surface area contributed by atoms with Gasteiger partial charge in [0.1, 0.15) is 5.76 Å². The molecule has 2 N–H and O–H groups in total. The van der Waals surface area contributed by atoms with Gasteiger partial charge in [-0.3, -0.25) is 9.69 Å². The van der Waals surface area contributed by atoms with Gasteiger partial charge in [0.25, 0.3) is 15.9 Å². The van der Waals surface area contributed by atoms with Crippen LogP contribution in [0.2, 0.25) is 0 Å². The molecule has 1 aliphatic rings. The van der Waals surface area contributed by atoms with Gasteiger partial charge in [-0.15, -0.1) is 0 Å². The third kappa shape index (κ3) is 4.30. The second-order valence-electron chi connectivity index (χ2n) is 6.22. The van der Waals surface area contributed by atoms with E-state index in [1.165, 1.54) is 12.1 Å². The second kappa shape index (κ2) is 7.03. The summed E-state index contributed by atoms with van der Waals surface area (Å²) in [4.78, 5) is 14.2. The number of nitrogens with one attached hydrogen (secondary N) is 2. The monoisotopic (exact) mass is 367 g/mol. The van der Waals surface area contributed by atoms with Gasteiger partial charge in [0.2, 0.25) is 5.09 Å². The summed E-state index contributed by atoms with van der Waals surface area (Å²) in [6, 6.07) is 6.08. The van der Waals surface area contributed by atoms with Crippen molar-refractivity contribution < 1.29 is 22.0 Å². The van der Waals surface area contributed by atoms with E-state index in [9.17, 15) is 13.2 Å². The highest BCUT2D eigenvalue weighted by molar-refractivity contribution is 7.89. The number of likely N-dealkylation sites (N-methyl/N-ethyl adjacent to an activating group) is 1. The Morgan fingerprint density at radius 2 is 2.08 bits per heavy atom. The summed E-state index contributed by atoms with van der Waals surface area (Å²) in [6.07, 6.45) is 3.22. The lowest BCUT2D eigenvalue weighted by atomic mass is 10.2. The molecule has 0 saturated heterocycles. The van der Waals surface area contributed by atoms with Crippen LogP contribution >= 0.6 is 0 Å². The summed E-state index contributed by atoms with van der Waals surface area (Å²) >= 11 is 0. The molecular formula is C16H21N3O5S. The molecule has 136 valence electrons. The van der Waals surface area contributed by atoms with Crippen molar-refractivity contribution in [2.75, 3.05) is 20.6 Å². The Hall–Kier alpha value is -2.10. The number of nitrogens with zero attached hydrogens (tertiary/aromatic N) is 1. The predicted octanol–water partition coefficient (Wildman–Crippen LogP) is 1.35. The molecule has 2 heterocycles. The average Bonchev–Trinajstić information content (AvgIpc) is 3.05. The molecule has 0 spiro atoms. The number of sulfonamides is 1. The van der Waals surface area contributed by atoms with Crippen LogP contribution in [0.5, 0.6) is 0 Å². The fourth-order valence-corrected chi connectivity index (χ4v) is 3.60. The summed E-state index contributed by atoms with van der Waals surface area (Å²) in [6.45, 7) is 0.294. The van der Waals surface area contributed by atoms with Crippen LogP contribution in [0.4, 0.5) is 0 Å². The maximum Gasteiger partial charge on any atom is 0.287 e. The molecular weight excluding hydrogens is 346 g/mol. The van der Waals surface area contributed by atoms with Crippen molar-refractivity contribution in [1.29, 1.82) is 0 Å². The minimum atomic E-state index is -3.71. The van der Waals surface area contributed by atoms with E-state index in [0.717, 1.165) is 18.6 Å². The topological polar surface area (TPSA) is 105 Å². The first kappa shape index (κ1) is 17.7. The lowest BCUT2D eigenvalue weighted by Crippen LogP contribution is -2.34. The quantitative estimate of drug-likeness (QED) is 0.730. The molecule has 0 aromatic carbocycles. The number of carbonyl (C=O) groups excluding carboxylic acids is 1. The number of rotatable bonds is 8. The third-order valence-electron chi connectivity index (χ3n) is 3.92. The van der Waals surface area contributed by atoms with Gasteiger partial charge < -0.3 is 14.2 Å². The molecule has 3 rings (SSSR count). The first-order valence-corrected chi connectivity index (χ1v) is 9.45. The molecule has 2 aromatic rings. The molecule has 1 fully saturated rings. The zero-order chi connectivity index (χ0) is 18.0. The second-order valence-corrected chi connectivity index (χ2v) is 7.86. The number of amides is 1. The fraction of sp³-hybridized carbons (Fsp3) is 0.438. The standard InChI is InChI=1S/C16H21N3O5S/c1-19(2)12(13-4-3-9-23-13)10-17-16(20)14-7-8-15(24-14)25(21,22)18-11-5-6-11/h3-4,7-9,11-12,18H,5-6,10H2,1-2H3,(H,17,20)/t12-/m1/s1. The molecule has 0 bridgehead atoms. The van der Waals surface area contributed by atoms with Crippen molar-refractivity contribution in [1.82, 2.24) is 14.9 Å². The van der Waals surface area contributed by atoms with E-state index >= 15 is 0 Å². The Bertz CT molecular complexity index is 822. The van der Waals surface area contributed by atoms with Gasteiger partial charge in [-0.2, -0.15) is 0 Å². The number of furan rings is 2. The highest BCUT2D eigenvalue weighted by Gasteiger charge is 2.30. The minimum Gasteiger partial charge on any atom is -0.468 e. The van der Waals surface area contributed by atoms with Gasteiger partial charge in [-0.25, -0.2) is 13.1 Å². The van der Waals surface area contributed by atoms with E-state index in [1.807, 2.05) is 25.1 Å². The van der Waals surface area contributed by atoms with Crippen molar-refractivity contribution in [3.63, 3.8) is 0 Å². The molecule has 8 nitrogen and oxygen atoms in total. The van der Waals surface area contributed by atoms with Crippen LogP contribution in [0.3, 0.4) is 0 Å². The Morgan fingerprint density at radius 1 is 1.32 bits per heavy atom. The highest BCUT2D eigenvalue weighted by atomic mass is 32.2. The van der Waals surface area contributed by atoms with Crippen molar-refractivity contribution in [3.05, 3.63) is 42.0 Å². The van der Waals surface area contributed by atoms with Gasteiger partial charge in [0.05, 0.1) is 12.3 Å². The Kier molecular flexibility index (Phi) is 4.98. The molecule has 9 heteroatoms. The van der Waals surface area contributed by atoms with E-state index in [-0.39, 0.29) is 22.9 Å². The third-order valence-corrected chi connectivity index (χ3v) is 5.31. The van der Waals surface area contributed by atoms with E-state index < -0.39 is 15.9 Å². The van der Waals surface area contributed by atoms with Crippen molar-refractivity contribution in [2.24, 2.45) is 0 Å². The van der Waals surface area contributed by atoms with Crippen LogP contribution in [0.1, 0.15) is 35.2 Å². The van der Waals surface area contributed by atoms with Crippen LogP contribution < -0.4 is 10.0 Å². The zero-order valence-electron chi connectivity index (χ0n) is 14.1. The summed E-state index contributed by atoms with van der Waals surface area (Å²) in [5.74, 6) is 0.195. The number of hydrogen-bond donors (Lipinski definition) is 2. The summed E-state index contributed by atoms with van der Waals surface area (Å²) in [5.41, 5.74) is 0. The molecule has 0 aliphatic heterocycles. The highest BCUT2D eigenvalue weighted by Crippen LogP contribution is 2.23. The maximum absolute atomic E-state index is 12.2. The Balaban J connectivity index is 1.63. The SMILES string of the molecule is CN(C)[C@H](CNC(=O)c1ccc(S(=O)(=O)NC2CC2)o1)c1ccco1. The molecule has 1 amide bonds. The number of carbonyl (C=O) groups is 1. The van der Waals surface area contributed by atoms with Gasteiger partial charge in [-0.05, 0) is 51.2 Å². The molecule has 1 aliphatic carbocycles. The maximum atomic E-state index is 12.2. The smallest absolute Gasteiger partial charge is 0.287 e. The molecule has 2 aromatic heterocycles.